The summed E-state index contributed by atoms with van der Waals surface area (Å²) in [6, 6.07) is 7.71. The van der Waals surface area contributed by atoms with Crippen LogP contribution in [0.5, 0.6) is 5.75 Å². The van der Waals surface area contributed by atoms with Crippen LogP contribution in [0.25, 0.3) is 0 Å². The molecule has 0 saturated heterocycles. The number of aliphatic imine (C=N–C) groups is 1. The first-order valence-corrected chi connectivity index (χ1v) is 8.46. The summed E-state index contributed by atoms with van der Waals surface area (Å²) >= 11 is 0. The normalized spacial score (nSPS) is 11.2. The maximum Gasteiger partial charge on any atom is 0.274 e. The van der Waals surface area contributed by atoms with Crippen LogP contribution in [0.3, 0.4) is 0 Å². The average molecular weight is 270 g/mol. The zero-order valence-electron chi connectivity index (χ0n) is 11.3. The molecule has 0 aliphatic rings. The average Bonchev–Trinajstić information content (AvgIpc) is 2.40. The Hall–Kier alpha value is -2.01. The van der Waals surface area contributed by atoms with Gasteiger partial charge in [-0.3, -0.25) is 0 Å². The summed E-state index contributed by atoms with van der Waals surface area (Å²) in [5, 5.41) is 0. The monoisotopic (exact) mass is 270 g/mol. The lowest BCUT2D eigenvalue weighted by molar-refractivity contribution is 0.577. The third kappa shape index (κ3) is 3.72. The van der Waals surface area contributed by atoms with Gasteiger partial charge in [-0.05, 0) is 37.7 Å². The minimum Gasteiger partial charge on any atom is -0.541 e. The molecule has 0 fully saturated rings. The van der Waals surface area contributed by atoms with Crippen LogP contribution in [0, 0.1) is 6.92 Å². The zero-order chi connectivity index (χ0) is 13.7. The van der Waals surface area contributed by atoms with Gasteiger partial charge in [0.05, 0.1) is 6.21 Å². The van der Waals surface area contributed by atoms with E-state index in [1.54, 1.807) is 24.7 Å². The van der Waals surface area contributed by atoms with Crippen molar-refractivity contribution in [2.45, 2.75) is 20.0 Å². The predicted molar refractivity (Wildman–Crippen MR) is 78.6 cm³/mol. The van der Waals surface area contributed by atoms with Crippen molar-refractivity contribution in [1.29, 1.82) is 0 Å². The maximum atomic E-state index is 5.91. The molecule has 0 aliphatic carbocycles. The van der Waals surface area contributed by atoms with Crippen molar-refractivity contribution < 1.29 is 4.43 Å². The van der Waals surface area contributed by atoms with Crippen molar-refractivity contribution in [3.63, 3.8) is 0 Å². The summed E-state index contributed by atoms with van der Waals surface area (Å²) in [5.41, 5.74) is 1.91. The SMILES string of the molecule is Cc1cccc(N=Cc2ncccn2)c1O[Si](C)C. The van der Waals surface area contributed by atoms with Crippen molar-refractivity contribution >= 4 is 20.9 Å². The second-order valence-electron chi connectivity index (χ2n) is 4.30. The number of nitrogens with zero attached hydrogens (tertiary/aromatic N) is 3. The Morgan fingerprint density at radius 2 is 1.89 bits per heavy atom. The number of benzene rings is 1. The van der Waals surface area contributed by atoms with E-state index in [1.165, 1.54) is 0 Å². The molecule has 0 unspecified atom stereocenters. The lowest BCUT2D eigenvalue weighted by Crippen LogP contribution is -2.12. The van der Waals surface area contributed by atoms with Gasteiger partial charge in [-0.15, -0.1) is 0 Å². The fourth-order valence-corrected chi connectivity index (χ4v) is 2.25. The van der Waals surface area contributed by atoms with Crippen molar-refractivity contribution in [3.05, 3.63) is 48.0 Å². The molecular weight excluding hydrogens is 254 g/mol. The molecule has 0 N–H and O–H groups in total. The van der Waals surface area contributed by atoms with E-state index in [1.807, 2.05) is 25.1 Å². The van der Waals surface area contributed by atoms with Gasteiger partial charge in [0.2, 0.25) is 0 Å². The van der Waals surface area contributed by atoms with Crippen LogP contribution >= 0.6 is 0 Å². The van der Waals surface area contributed by atoms with E-state index in [-0.39, 0.29) is 0 Å². The van der Waals surface area contributed by atoms with Gasteiger partial charge in [-0.2, -0.15) is 0 Å². The highest BCUT2D eigenvalue weighted by atomic mass is 28.3. The highest BCUT2D eigenvalue weighted by Crippen LogP contribution is 2.31. The van der Waals surface area contributed by atoms with Crippen LogP contribution in [0.2, 0.25) is 13.1 Å². The van der Waals surface area contributed by atoms with Gasteiger partial charge >= 0.3 is 0 Å². The lowest BCUT2D eigenvalue weighted by Gasteiger charge is -2.13. The van der Waals surface area contributed by atoms with Crippen molar-refractivity contribution in [1.82, 2.24) is 9.97 Å². The Bertz CT molecular complexity index is 570. The lowest BCUT2D eigenvalue weighted by atomic mass is 10.2. The highest BCUT2D eigenvalue weighted by molar-refractivity contribution is 6.49. The molecular formula is C14H16N3OSi. The summed E-state index contributed by atoms with van der Waals surface area (Å²) in [4.78, 5) is 12.7. The van der Waals surface area contributed by atoms with Gasteiger partial charge in [0.15, 0.2) is 5.82 Å². The maximum absolute atomic E-state index is 5.91. The van der Waals surface area contributed by atoms with Gasteiger partial charge in [0.25, 0.3) is 9.04 Å². The van der Waals surface area contributed by atoms with E-state index in [0.29, 0.717) is 5.82 Å². The van der Waals surface area contributed by atoms with Crippen LogP contribution in [0.15, 0.2) is 41.7 Å². The van der Waals surface area contributed by atoms with Crippen LogP contribution < -0.4 is 4.43 Å². The second kappa shape index (κ2) is 6.24. The minimum absolute atomic E-state index is 0.591. The Labute approximate surface area is 114 Å². The van der Waals surface area contributed by atoms with Crippen LogP contribution in [-0.4, -0.2) is 25.2 Å². The van der Waals surface area contributed by atoms with E-state index >= 15 is 0 Å². The first-order valence-electron chi connectivity index (χ1n) is 6.05. The van der Waals surface area contributed by atoms with Crippen LogP contribution in [-0.2, 0) is 0 Å². The molecule has 2 aromatic rings. The van der Waals surface area contributed by atoms with E-state index < -0.39 is 9.04 Å². The smallest absolute Gasteiger partial charge is 0.274 e. The van der Waals surface area contributed by atoms with E-state index in [4.69, 9.17) is 4.43 Å². The summed E-state index contributed by atoms with van der Waals surface area (Å²) in [6.07, 6.45) is 5.04. The molecule has 1 aromatic heterocycles. The van der Waals surface area contributed by atoms with Gasteiger partial charge in [0, 0.05) is 12.4 Å². The van der Waals surface area contributed by atoms with Crippen molar-refractivity contribution in [2.24, 2.45) is 4.99 Å². The van der Waals surface area contributed by atoms with E-state index in [0.717, 1.165) is 17.0 Å². The fraction of sp³-hybridized carbons (Fsp3) is 0.214. The first-order chi connectivity index (χ1) is 9.16. The zero-order valence-corrected chi connectivity index (χ0v) is 12.3. The summed E-state index contributed by atoms with van der Waals surface area (Å²) in [6.45, 7) is 6.23. The summed E-state index contributed by atoms with van der Waals surface area (Å²) in [7, 11) is -0.818. The molecule has 0 bridgehead atoms. The molecule has 0 spiro atoms. The Balaban J connectivity index is 2.29. The molecule has 1 heterocycles. The molecule has 0 saturated carbocycles. The predicted octanol–water partition coefficient (Wildman–Crippen LogP) is 3.17. The third-order valence-corrected chi connectivity index (χ3v) is 3.01. The number of hydrogen-bond donors (Lipinski definition) is 0. The number of rotatable bonds is 4. The van der Waals surface area contributed by atoms with Crippen LogP contribution in [0.1, 0.15) is 11.4 Å². The number of para-hydroxylation sites is 1. The van der Waals surface area contributed by atoms with Gasteiger partial charge < -0.3 is 4.43 Å². The molecule has 4 nitrogen and oxygen atoms in total. The first kappa shape index (κ1) is 13.4. The summed E-state index contributed by atoms with van der Waals surface area (Å²) in [5.74, 6) is 1.45. The van der Waals surface area contributed by atoms with Gasteiger partial charge in [0.1, 0.15) is 11.4 Å². The summed E-state index contributed by atoms with van der Waals surface area (Å²) < 4.78 is 5.91. The topological polar surface area (TPSA) is 47.4 Å². The number of aromatic nitrogens is 2. The van der Waals surface area contributed by atoms with E-state index in [9.17, 15) is 0 Å². The third-order valence-electron chi connectivity index (χ3n) is 2.40. The minimum atomic E-state index is -0.818. The highest BCUT2D eigenvalue weighted by Gasteiger charge is 2.08. The standard InChI is InChI=1S/C14H16N3OSi/c1-11-6-4-7-12(14(11)18-19(2)3)17-10-13-15-8-5-9-16-13/h4-10H,1-3H3. The Morgan fingerprint density at radius 1 is 1.16 bits per heavy atom. The van der Waals surface area contributed by atoms with Crippen molar-refractivity contribution in [3.8, 4) is 5.75 Å². The molecule has 0 atom stereocenters. The van der Waals surface area contributed by atoms with Crippen LogP contribution in [0.4, 0.5) is 5.69 Å². The van der Waals surface area contributed by atoms with Crippen molar-refractivity contribution in [2.75, 3.05) is 0 Å². The molecule has 2 rings (SSSR count). The number of hydrogen-bond acceptors (Lipinski definition) is 4. The molecule has 1 aromatic carbocycles. The Kier molecular flexibility index (Phi) is 4.41. The van der Waals surface area contributed by atoms with E-state index in [2.05, 4.69) is 28.1 Å². The molecule has 97 valence electrons. The molecule has 5 heteroatoms. The van der Waals surface area contributed by atoms with Gasteiger partial charge in [-0.25, -0.2) is 15.0 Å². The molecule has 0 aliphatic heterocycles. The number of aryl methyl sites for hydroxylation is 1. The molecule has 1 radical (unpaired) electrons. The Morgan fingerprint density at radius 3 is 2.58 bits per heavy atom. The second-order valence-corrected chi connectivity index (χ2v) is 6.32. The largest absolute Gasteiger partial charge is 0.541 e. The van der Waals surface area contributed by atoms with Gasteiger partial charge in [-0.1, -0.05) is 12.1 Å². The molecule has 0 amide bonds. The quantitative estimate of drug-likeness (QED) is 0.633. The molecule has 19 heavy (non-hydrogen) atoms. The fourth-order valence-electron chi connectivity index (χ4n) is 1.58.